The Bertz CT molecular complexity index is 768. The zero-order chi connectivity index (χ0) is 16.9. The van der Waals surface area contributed by atoms with Gasteiger partial charge in [-0.15, -0.1) is 0 Å². The lowest BCUT2D eigenvalue weighted by Crippen LogP contribution is -2.29. The van der Waals surface area contributed by atoms with Crippen LogP contribution in [0.3, 0.4) is 0 Å². The van der Waals surface area contributed by atoms with Gasteiger partial charge in [-0.25, -0.2) is 13.1 Å². The van der Waals surface area contributed by atoms with Gasteiger partial charge in [-0.1, -0.05) is 29.4 Å². The summed E-state index contributed by atoms with van der Waals surface area (Å²) in [6.07, 6.45) is 1.14. The van der Waals surface area contributed by atoms with Crippen molar-refractivity contribution in [3.05, 3.63) is 35.7 Å². The zero-order valence-electron chi connectivity index (χ0n) is 12.9. The van der Waals surface area contributed by atoms with Gasteiger partial charge in [0, 0.05) is 32.0 Å². The summed E-state index contributed by atoms with van der Waals surface area (Å²) in [6, 6.07) is 7.40. The Balaban J connectivity index is 1.81. The Hall–Kier alpha value is -2.26. The Morgan fingerprint density at radius 1 is 1.26 bits per heavy atom. The van der Waals surface area contributed by atoms with E-state index in [4.69, 9.17) is 4.52 Å². The van der Waals surface area contributed by atoms with Crippen LogP contribution in [0.25, 0.3) is 11.4 Å². The van der Waals surface area contributed by atoms with E-state index in [9.17, 15) is 13.2 Å². The number of sulfonamides is 1. The van der Waals surface area contributed by atoms with Crippen molar-refractivity contribution >= 4 is 15.9 Å². The second-order valence-electron chi connectivity index (χ2n) is 5.03. The molecule has 1 heterocycles. The highest BCUT2D eigenvalue weighted by molar-refractivity contribution is 7.88. The first kappa shape index (κ1) is 17.1. The summed E-state index contributed by atoms with van der Waals surface area (Å²) in [5, 5.41) is 6.56. The molecule has 0 aliphatic carbocycles. The van der Waals surface area contributed by atoms with E-state index in [-0.39, 0.29) is 18.9 Å². The van der Waals surface area contributed by atoms with Gasteiger partial charge < -0.3 is 9.84 Å². The van der Waals surface area contributed by atoms with Gasteiger partial charge in [0.05, 0.1) is 6.26 Å². The van der Waals surface area contributed by atoms with Crippen LogP contribution >= 0.6 is 0 Å². The molecule has 8 nitrogen and oxygen atoms in total. The third kappa shape index (κ3) is 5.80. The molecule has 0 unspecified atom stereocenters. The molecular formula is C14H18N4O4S. The SMILES string of the molecule is Cc1nc(-c2ccc(CNC(=O)CCNS(C)(=O)=O)cc2)no1. The van der Waals surface area contributed by atoms with Crippen molar-refractivity contribution in [3.63, 3.8) is 0 Å². The highest BCUT2D eigenvalue weighted by atomic mass is 32.2. The van der Waals surface area contributed by atoms with Gasteiger partial charge in [-0.3, -0.25) is 4.79 Å². The van der Waals surface area contributed by atoms with Crippen LogP contribution in [0.2, 0.25) is 0 Å². The molecule has 0 atom stereocenters. The van der Waals surface area contributed by atoms with E-state index in [1.165, 1.54) is 0 Å². The number of nitrogens with one attached hydrogen (secondary N) is 2. The summed E-state index contributed by atoms with van der Waals surface area (Å²) in [6.45, 7) is 2.17. The van der Waals surface area contributed by atoms with Gasteiger partial charge in [0.25, 0.3) is 0 Å². The standard InChI is InChI=1S/C14H18N4O4S/c1-10-17-14(18-22-10)12-5-3-11(4-6-12)9-15-13(19)7-8-16-23(2,20)21/h3-6,16H,7-9H2,1-2H3,(H,15,19). The van der Waals surface area contributed by atoms with Crippen LogP contribution in [0.1, 0.15) is 17.9 Å². The predicted octanol–water partition coefficient (Wildman–Crippen LogP) is 0.601. The van der Waals surface area contributed by atoms with Gasteiger partial charge >= 0.3 is 0 Å². The molecule has 2 N–H and O–H groups in total. The Morgan fingerprint density at radius 2 is 1.96 bits per heavy atom. The van der Waals surface area contributed by atoms with Crippen LogP contribution in [-0.2, 0) is 21.4 Å². The lowest BCUT2D eigenvalue weighted by Gasteiger charge is -2.06. The van der Waals surface area contributed by atoms with E-state index in [0.29, 0.717) is 18.3 Å². The number of hydrogen-bond donors (Lipinski definition) is 2. The molecule has 1 aromatic heterocycles. The second kappa shape index (κ2) is 7.34. The van der Waals surface area contributed by atoms with Crippen LogP contribution in [0.15, 0.2) is 28.8 Å². The van der Waals surface area contributed by atoms with Crippen molar-refractivity contribution in [1.82, 2.24) is 20.2 Å². The highest BCUT2D eigenvalue weighted by Gasteiger charge is 2.07. The zero-order valence-corrected chi connectivity index (χ0v) is 13.7. The largest absolute Gasteiger partial charge is 0.352 e. The molecule has 124 valence electrons. The van der Waals surface area contributed by atoms with Crippen molar-refractivity contribution in [3.8, 4) is 11.4 Å². The lowest BCUT2D eigenvalue weighted by molar-refractivity contribution is -0.121. The molecule has 0 radical (unpaired) electrons. The molecule has 2 aromatic rings. The summed E-state index contributed by atoms with van der Waals surface area (Å²) in [5.41, 5.74) is 1.74. The van der Waals surface area contributed by atoms with E-state index in [1.807, 2.05) is 24.3 Å². The number of amides is 1. The maximum absolute atomic E-state index is 11.6. The summed E-state index contributed by atoms with van der Waals surface area (Å²) in [5.74, 6) is 0.794. The Morgan fingerprint density at radius 3 is 2.52 bits per heavy atom. The van der Waals surface area contributed by atoms with Gasteiger partial charge in [0.2, 0.25) is 27.6 Å². The first-order valence-electron chi connectivity index (χ1n) is 6.94. The second-order valence-corrected chi connectivity index (χ2v) is 6.86. The molecule has 1 aromatic carbocycles. The topological polar surface area (TPSA) is 114 Å². The van der Waals surface area contributed by atoms with E-state index in [2.05, 4.69) is 20.2 Å². The Labute approximate surface area is 134 Å². The fourth-order valence-electron chi connectivity index (χ4n) is 1.83. The molecule has 0 saturated heterocycles. The van der Waals surface area contributed by atoms with Crippen LogP contribution in [-0.4, -0.2) is 37.3 Å². The molecule has 0 fully saturated rings. The van der Waals surface area contributed by atoms with Gasteiger partial charge in [-0.2, -0.15) is 4.98 Å². The molecule has 23 heavy (non-hydrogen) atoms. The Kier molecular flexibility index (Phi) is 5.45. The minimum absolute atomic E-state index is 0.0841. The predicted molar refractivity (Wildman–Crippen MR) is 83.8 cm³/mol. The first-order valence-corrected chi connectivity index (χ1v) is 8.83. The van der Waals surface area contributed by atoms with Crippen LogP contribution in [0, 0.1) is 6.92 Å². The quantitative estimate of drug-likeness (QED) is 0.764. The molecular weight excluding hydrogens is 320 g/mol. The summed E-state index contributed by atoms with van der Waals surface area (Å²) in [7, 11) is -3.27. The van der Waals surface area contributed by atoms with E-state index in [0.717, 1.165) is 17.4 Å². The third-order valence-corrected chi connectivity index (χ3v) is 3.67. The number of benzene rings is 1. The third-order valence-electron chi connectivity index (χ3n) is 2.95. The number of aryl methyl sites for hydroxylation is 1. The molecule has 2 rings (SSSR count). The number of carbonyl (C=O) groups excluding carboxylic acids is 1. The molecule has 0 spiro atoms. The van der Waals surface area contributed by atoms with Gasteiger partial charge in [0.1, 0.15) is 0 Å². The molecule has 1 amide bonds. The lowest BCUT2D eigenvalue weighted by atomic mass is 10.1. The average molecular weight is 338 g/mol. The van der Waals surface area contributed by atoms with Crippen LogP contribution < -0.4 is 10.0 Å². The van der Waals surface area contributed by atoms with Crippen molar-refractivity contribution in [2.75, 3.05) is 12.8 Å². The number of hydrogen-bond acceptors (Lipinski definition) is 6. The number of rotatable bonds is 7. The number of nitrogens with zero attached hydrogens (tertiary/aromatic N) is 2. The number of aromatic nitrogens is 2. The van der Waals surface area contributed by atoms with Crippen molar-refractivity contribution in [1.29, 1.82) is 0 Å². The highest BCUT2D eigenvalue weighted by Crippen LogP contribution is 2.16. The van der Waals surface area contributed by atoms with E-state index in [1.54, 1.807) is 6.92 Å². The van der Waals surface area contributed by atoms with Crippen LogP contribution in [0.4, 0.5) is 0 Å². The smallest absolute Gasteiger partial charge is 0.223 e. The van der Waals surface area contributed by atoms with E-state index < -0.39 is 10.0 Å². The molecule has 0 bridgehead atoms. The fourth-order valence-corrected chi connectivity index (χ4v) is 2.30. The van der Waals surface area contributed by atoms with Gasteiger partial charge in [0.15, 0.2) is 0 Å². The monoisotopic (exact) mass is 338 g/mol. The maximum atomic E-state index is 11.6. The molecule has 0 saturated carbocycles. The van der Waals surface area contributed by atoms with Crippen molar-refractivity contribution in [2.45, 2.75) is 19.9 Å². The minimum atomic E-state index is -3.27. The molecule has 0 aliphatic heterocycles. The van der Waals surface area contributed by atoms with Crippen molar-refractivity contribution in [2.24, 2.45) is 0 Å². The van der Waals surface area contributed by atoms with Crippen molar-refractivity contribution < 1.29 is 17.7 Å². The normalized spacial score (nSPS) is 11.4. The molecule has 0 aliphatic rings. The summed E-state index contributed by atoms with van der Waals surface area (Å²) in [4.78, 5) is 15.7. The minimum Gasteiger partial charge on any atom is -0.352 e. The summed E-state index contributed by atoms with van der Waals surface area (Å²) >= 11 is 0. The maximum Gasteiger partial charge on any atom is 0.223 e. The van der Waals surface area contributed by atoms with Gasteiger partial charge in [-0.05, 0) is 5.56 Å². The first-order chi connectivity index (χ1) is 10.8. The summed E-state index contributed by atoms with van der Waals surface area (Å²) < 4.78 is 29.0. The van der Waals surface area contributed by atoms with Crippen LogP contribution in [0.5, 0.6) is 0 Å². The number of carbonyl (C=O) groups is 1. The molecule has 9 heteroatoms. The average Bonchev–Trinajstić information content (AvgIpc) is 2.91. The fraction of sp³-hybridized carbons (Fsp3) is 0.357. The van der Waals surface area contributed by atoms with E-state index >= 15 is 0 Å².